The third-order valence-corrected chi connectivity index (χ3v) is 7.00. The van der Waals surface area contributed by atoms with E-state index in [1.54, 1.807) is 4.90 Å². The Labute approximate surface area is 159 Å². The van der Waals surface area contributed by atoms with Crippen LogP contribution in [0.3, 0.4) is 0 Å². The van der Waals surface area contributed by atoms with E-state index in [2.05, 4.69) is 0 Å². The quantitative estimate of drug-likeness (QED) is 0.729. The molecule has 2 heterocycles. The fourth-order valence-corrected chi connectivity index (χ4v) is 5.32. The largest absolute Gasteiger partial charge is 0.364 e. The molecule has 3 rings (SSSR count). The minimum absolute atomic E-state index is 0.0224. The number of ether oxygens (including phenoxy) is 1. The summed E-state index contributed by atoms with van der Waals surface area (Å²) < 4.78 is 46.1. The number of hydrogen-bond acceptors (Lipinski definition) is 4. The van der Waals surface area contributed by atoms with Gasteiger partial charge < -0.3 is 14.5 Å². The summed E-state index contributed by atoms with van der Waals surface area (Å²) in [5, 5.41) is 0. The molecule has 7 nitrogen and oxygen atoms in total. The standard InChI is InChI=1S/C18H26FN3O4S/c1-14-11-20(12-15(2)26-14)13-18(23)21-7-9-22(10-8-21)27(24,25)17-6-4-3-5-16(17)19/h3-6,14-15H,7-13H2,1-2H3/p+1/t14-,15-/m1/s1. The molecule has 0 saturated carbocycles. The Balaban J connectivity index is 1.57. The van der Waals surface area contributed by atoms with Gasteiger partial charge in [-0.3, -0.25) is 4.79 Å². The second kappa shape index (κ2) is 8.22. The van der Waals surface area contributed by atoms with E-state index in [9.17, 15) is 17.6 Å². The minimum Gasteiger partial charge on any atom is -0.364 e. The molecule has 2 aliphatic heterocycles. The Bertz CT molecular complexity index is 771. The van der Waals surface area contributed by atoms with Crippen molar-refractivity contribution in [1.82, 2.24) is 9.21 Å². The molecule has 2 fully saturated rings. The van der Waals surface area contributed by atoms with Crippen molar-refractivity contribution in [2.45, 2.75) is 31.0 Å². The fourth-order valence-electron chi connectivity index (χ4n) is 3.83. The molecule has 2 aliphatic rings. The molecule has 0 radical (unpaired) electrons. The number of benzene rings is 1. The zero-order valence-electron chi connectivity index (χ0n) is 15.7. The number of halogens is 1. The lowest BCUT2D eigenvalue weighted by atomic mass is 10.2. The van der Waals surface area contributed by atoms with Crippen LogP contribution >= 0.6 is 0 Å². The number of piperazine rings is 1. The lowest BCUT2D eigenvalue weighted by Gasteiger charge is -2.36. The van der Waals surface area contributed by atoms with Gasteiger partial charge in [0.1, 0.15) is 36.0 Å². The molecular formula is C18H27FN3O4S+. The molecule has 1 aromatic carbocycles. The topological polar surface area (TPSA) is 71.4 Å². The normalized spacial score (nSPS) is 27.5. The van der Waals surface area contributed by atoms with Crippen molar-refractivity contribution in [2.75, 3.05) is 45.8 Å². The second-order valence-corrected chi connectivity index (χ2v) is 9.21. The number of carbonyl (C=O) groups excluding carboxylic acids is 1. The number of carbonyl (C=O) groups is 1. The Morgan fingerprint density at radius 2 is 1.74 bits per heavy atom. The SMILES string of the molecule is C[C@@H]1C[NH+](CC(=O)N2CCN(S(=O)(=O)c3ccccc3F)CC2)C[C@@H](C)O1. The second-order valence-electron chi connectivity index (χ2n) is 7.31. The molecule has 1 amide bonds. The van der Waals surface area contributed by atoms with Gasteiger partial charge in [-0.1, -0.05) is 12.1 Å². The maximum atomic E-state index is 13.9. The van der Waals surface area contributed by atoms with Gasteiger partial charge in [-0.25, -0.2) is 12.8 Å². The van der Waals surface area contributed by atoms with Gasteiger partial charge in [-0.2, -0.15) is 4.31 Å². The molecule has 27 heavy (non-hydrogen) atoms. The summed E-state index contributed by atoms with van der Waals surface area (Å²) in [6.07, 6.45) is 0.249. The third kappa shape index (κ3) is 4.66. The first kappa shape index (κ1) is 20.2. The van der Waals surface area contributed by atoms with Crippen LogP contribution in [0.5, 0.6) is 0 Å². The zero-order chi connectivity index (χ0) is 19.6. The highest BCUT2D eigenvalue weighted by atomic mass is 32.2. The lowest BCUT2D eigenvalue weighted by Crippen LogP contribution is -3.16. The summed E-state index contributed by atoms with van der Waals surface area (Å²) in [5.74, 6) is -0.732. The summed E-state index contributed by atoms with van der Waals surface area (Å²) >= 11 is 0. The molecule has 0 aliphatic carbocycles. The van der Waals surface area contributed by atoms with Gasteiger partial charge in [0.2, 0.25) is 10.0 Å². The van der Waals surface area contributed by atoms with Crippen molar-refractivity contribution in [1.29, 1.82) is 0 Å². The van der Waals surface area contributed by atoms with Gasteiger partial charge in [0.15, 0.2) is 6.54 Å². The van der Waals surface area contributed by atoms with Crippen LogP contribution in [-0.4, -0.2) is 81.6 Å². The highest BCUT2D eigenvalue weighted by Crippen LogP contribution is 2.20. The maximum Gasteiger partial charge on any atom is 0.277 e. The first-order chi connectivity index (χ1) is 12.8. The van der Waals surface area contributed by atoms with E-state index in [4.69, 9.17) is 4.74 Å². The van der Waals surface area contributed by atoms with Gasteiger partial charge in [-0.05, 0) is 26.0 Å². The van der Waals surface area contributed by atoms with Crippen LogP contribution in [0.4, 0.5) is 4.39 Å². The van der Waals surface area contributed by atoms with Gasteiger partial charge >= 0.3 is 0 Å². The molecular weight excluding hydrogens is 373 g/mol. The Hall–Kier alpha value is -1.55. The van der Waals surface area contributed by atoms with Crippen LogP contribution < -0.4 is 4.90 Å². The third-order valence-electron chi connectivity index (χ3n) is 5.06. The number of quaternary nitrogens is 1. The summed E-state index contributed by atoms with van der Waals surface area (Å²) in [4.78, 5) is 15.2. The summed E-state index contributed by atoms with van der Waals surface area (Å²) in [5.41, 5.74) is 0. The molecule has 150 valence electrons. The van der Waals surface area contributed by atoms with Crippen molar-refractivity contribution in [3.63, 3.8) is 0 Å². The zero-order valence-corrected chi connectivity index (χ0v) is 16.5. The summed E-state index contributed by atoms with van der Waals surface area (Å²) in [7, 11) is -3.88. The summed E-state index contributed by atoms with van der Waals surface area (Å²) in [6, 6.07) is 5.37. The van der Waals surface area contributed by atoms with Crippen LogP contribution in [0.25, 0.3) is 0 Å². The molecule has 0 unspecified atom stereocenters. The molecule has 1 N–H and O–H groups in total. The molecule has 0 bridgehead atoms. The maximum absolute atomic E-state index is 13.9. The number of sulfonamides is 1. The van der Waals surface area contributed by atoms with Crippen LogP contribution in [0.1, 0.15) is 13.8 Å². The number of amides is 1. The molecule has 2 atom stereocenters. The molecule has 1 aromatic rings. The average Bonchev–Trinajstić information content (AvgIpc) is 2.61. The molecule has 2 saturated heterocycles. The fraction of sp³-hybridized carbons (Fsp3) is 0.611. The smallest absolute Gasteiger partial charge is 0.277 e. The lowest BCUT2D eigenvalue weighted by molar-refractivity contribution is -0.907. The monoisotopic (exact) mass is 400 g/mol. The van der Waals surface area contributed by atoms with Crippen molar-refractivity contribution < 1.29 is 27.2 Å². The minimum atomic E-state index is -3.88. The number of rotatable bonds is 4. The van der Waals surface area contributed by atoms with Crippen LogP contribution in [0.2, 0.25) is 0 Å². The van der Waals surface area contributed by atoms with E-state index < -0.39 is 15.8 Å². The van der Waals surface area contributed by atoms with Gasteiger partial charge in [0.25, 0.3) is 5.91 Å². The number of hydrogen-bond donors (Lipinski definition) is 1. The highest BCUT2D eigenvalue weighted by Gasteiger charge is 2.34. The summed E-state index contributed by atoms with van der Waals surface area (Å²) in [6.45, 7) is 6.97. The van der Waals surface area contributed by atoms with Crippen molar-refractivity contribution in [2.24, 2.45) is 0 Å². The highest BCUT2D eigenvalue weighted by molar-refractivity contribution is 7.89. The van der Waals surface area contributed by atoms with E-state index in [1.165, 1.54) is 27.4 Å². The van der Waals surface area contributed by atoms with E-state index >= 15 is 0 Å². The first-order valence-corrected chi connectivity index (χ1v) is 10.7. The van der Waals surface area contributed by atoms with Gasteiger partial charge in [0.05, 0.1) is 0 Å². The Morgan fingerprint density at radius 1 is 1.15 bits per heavy atom. The van der Waals surface area contributed by atoms with E-state index in [-0.39, 0.29) is 36.1 Å². The predicted octanol–water partition coefficient (Wildman–Crippen LogP) is -0.649. The van der Waals surface area contributed by atoms with Crippen molar-refractivity contribution >= 4 is 15.9 Å². The number of morpholine rings is 1. The Morgan fingerprint density at radius 3 is 2.33 bits per heavy atom. The van der Waals surface area contributed by atoms with Crippen LogP contribution in [0, 0.1) is 5.82 Å². The van der Waals surface area contributed by atoms with Crippen molar-refractivity contribution in [3.8, 4) is 0 Å². The average molecular weight is 400 g/mol. The number of nitrogens with zero attached hydrogens (tertiary/aromatic N) is 2. The van der Waals surface area contributed by atoms with Crippen LogP contribution in [-0.2, 0) is 19.6 Å². The van der Waals surface area contributed by atoms with E-state index in [0.29, 0.717) is 19.6 Å². The number of nitrogens with one attached hydrogen (secondary N) is 1. The van der Waals surface area contributed by atoms with E-state index in [0.717, 1.165) is 19.2 Å². The predicted molar refractivity (Wildman–Crippen MR) is 97.3 cm³/mol. The molecule has 9 heteroatoms. The molecule has 0 spiro atoms. The van der Waals surface area contributed by atoms with Gasteiger partial charge in [0, 0.05) is 26.2 Å². The van der Waals surface area contributed by atoms with Crippen molar-refractivity contribution in [3.05, 3.63) is 30.1 Å². The first-order valence-electron chi connectivity index (χ1n) is 9.29. The van der Waals surface area contributed by atoms with Crippen LogP contribution in [0.15, 0.2) is 29.2 Å². The van der Waals surface area contributed by atoms with Gasteiger partial charge in [-0.15, -0.1) is 0 Å². The van der Waals surface area contributed by atoms with E-state index in [1.807, 2.05) is 13.8 Å². The Kier molecular flexibility index (Phi) is 6.15. The molecule has 0 aromatic heterocycles.